The van der Waals surface area contributed by atoms with Crippen molar-refractivity contribution in [2.75, 3.05) is 13.2 Å². The van der Waals surface area contributed by atoms with E-state index < -0.39 is 19.8 Å². The van der Waals surface area contributed by atoms with E-state index in [0.29, 0.717) is 0 Å². The zero-order valence-corrected chi connectivity index (χ0v) is 8.47. The molecular weight excluding hydrogens is 191 g/mol. The van der Waals surface area contributed by atoms with Gasteiger partial charge in [-0.05, 0) is 13.8 Å². The van der Waals surface area contributed by atoms with Crippen LogP contribution in [0.25, 0.3) is 0 Å². The average molecular weight is 202 g/mol. The highest BCUT2D eigenvalue weighted by Crippen LogP contribution is 2.25. The summed E-state index contributed by atoms with van der Waals surface area (Å²) in [6.45, 7) is 3.20. The highest BCUT2D eigenvalue weighted by molar-refractivity contribution is 7.27. The Balaban J connectivity index is 4.30. The first-order chi connectivity index (χ1) is 6.10. The lowest BCUT2D eigenvalue weighted by molar-refractivity contribution is -0.158. The smallest absolute Gasteiger partial charge is 0.351 e. The zero-order valence-electron chi connectivity index (χ0n) is 7.57. The van der Waals surface area contributed by atoms with Gasteiger partial charge in [-0.25, -0.2) is 4.79 Å². The van der Waals surface area contributed by atoms with E-state index in [2.05, 4.69) is 10.7 Å². The predicted molar refractivity (Wildman–Crippen MR) is 47.4 cm³/mol. The van der Waals surface area contributed by atoms with Gasteiger partial charge < -0.3 is 9.47 Å². The molecule has 13 heavy (non-hydrogen) atoms. The lowest BCUT2D eigenvalue weighted by Crippen LogP contribution is -2.34. The van der Waals surface area contributed by atoms with Crippen LogP contribution in [0.3, 0.4) is 0 Å². The quantitative estimate of drug-likeness (QED) is 0.382. The Bertz CT molecular complexity index is 233. The summed E-state index contributed by atoms with van der Waals surface area (Å²) in [6.07, 6.45) is 4.89. The van der Waals surface area contributed by atoms with Crippen molar-refractivity contribution in [3.63, 3.8) is 0 Å². The molecule has 0 aromatic heterocycles. The summed E-state index contributed by atoms with van der Waals surface area (Å²) in [5.41, 5.74) is 0. The van der Waals surface area contributed by atoms with Gasteiger partial charge in [0, 0.05) is 6.61 Å². The molecule has 1 atom stereocenters. The SMILES string of the molecule is C#CCOC(=O)C(C)(OCC)P=O. The van der Waals surface area contributed by atoms with Crippen molar-refractivity contribution in [1.29, 1.82) is 0 Å². The molecule has 0 saturated carbocycles. The molecule has 0 spiro atoms. The summed E-state index contributed by atoms with van der Waals surface area (Å²) in [4.78, 5) is 11.2. The van der Waals surface area contributed by atoms with Crippen LogP contribution in [0.1, 0.15) is 13.8 Å². The Morgan fingerprint density at radius 2 is 2.31 bits per heavy atom. The average Bonchev–Trinajstić information content (AvgIpc) is 2.14. The highest BCUT2D eigenvalue weighted by atomic mass is 31.1. The molecule has 0 N–H and O–H groups in total. The minimum Gasteiger partial charge on any atom is -0.450 e. The largest absolute Gasteiger partial charge is 0.450 e. The van der Waals surface area contributed by atoms with Gasteiger partial charge >= 0.3 is 5.97 Å². The number of carbonyl (C=O) groups excluding carboxylic acids is 1. The van der Waals surface area contributed by atoms with Gasteiger partial charge in [-0.2, -0.15) is 0 Å². The van der Waals surface area contributed by atoms with Crippen LogP contribution in [0.4, 0.5) is 0 Å². The maximum atomic E-state index is 11.2. The van der Waals surface area contributed by atoms with Crippen molar-refractivity contribution in [2.24, 2.45) is 0 Å². The topological polar surface area (TPSA) is 52.6 Å². The van der Waals surface area contributed by atoms with Crippen LogP contribution < -0.4 is 0 Å². The lowest BCUT2D eigenvalue weighted by Gasteiger charge is -2.18. The molecule has 0 heterocycles. The normalized spacial score (nSPS) is 14.5. The third-order valence-electron chi connectivity index (χ3n) is 1.26. The van der Waals surface area contributed by atoms with Gasteiger partial charge in [0.15, 0.2) is 6.61 Å². The van der Waals surface area contributed by atoms with Crippen molar-refractivity contribution >= 4 is 14.4 Å². The lowest BCUT2D eigenvalue weighted by atomic mass is 10.4. The Kier molecular flexibility index (Phi) is 5.29. The van der Waals surface area contributed by atoms with E-state index in [1.807, 2.05) is 0 Å². The second-order valence-electron chi connectivity index (χ2n) is 2.29. The Hall–Kier alpha value is -0.910. The third kappa shape index (κ3) is 3.54. The van der Waals surface area contributed by atoms with E-state index in [0.717, 1.165) is 0 Å². The van der Waals surface area contributed by atoms with Crippen molar-refractivity contribution in [3.05, 3.63) is 0 Å². The van der Waals surface area contributed by atoms with E-state index in [1.54, 1.807) is 6.92 Å². The summed E-state index contributed by atoms with van der Waals surface area (Å²) in [5.74, 6) is 1.41. The second kappa shape index (κ2) is 5.69. The molecule has 0 fully saturated rings. The van der Waals surface area contributed by atoms with Crippen LogP contribution in [-0.4, -0.2) is 24.5 Å². The van der Waals surface area contributed by atoms with Crippen molar-refractivity contribution < 1.29 is 18.8 Å². The summed E-state index contributed by atoms with van der Waals surface area (Å²) >= 11 is 0. The van der Waals surface area contributed by atoms with E-state index in [9.17, 15) is 9.36 Å². The van der Waals surface area contributed by atoms with Gasteiger partial charge in [0.2, 0.25) is 13.8 Å². The summed E-state index contributed by atoms with van der Waals surface area (Å²) < 4.78 is 20.2. The molecule has 0 amide bonds. The van der Waals surface area contributed by atoms with Crippen LogP contribution in [-0.2, 0) is 18.8 Å². The number of terminal acetylenes is 1. The molecule has 0 aliphatic carbocycles. The summed E-state index contributed by atoms with van der Waals surface area (Å²) in [5, 5.41) is -1.44. The maximum Gasteiger partial charge on any atom is 0.351 e. The highest BCUT2D eigenvalue weighted by Gasteiger charge is 2.36. The van der Waals surface area contributed by atoms with Gasteiger partial charge in [0.25, 0.3) is 0 Å². The maximum absolute atomic E-state index is 11.2. The van der Waals surface area contributed by atoms with Crippen molar-refractivity contribution in [2.45, 2.75) is 19.2 Å². The van der Waals surface area contributed by atoms with Crippen molar-refractivity contribution in [3.8, 4) is 12.3 Å². The standard InChI is InChI=1S/C8H11O4P/c1-4-6-11-7(9)8(3,13-10)12-5-2/h1H,5-6H2,2-3H3. The molecule has 0 rings (SSSR count). The van der Waals surface area contributed by atoms with Crippen LogP contribution >= 0.6 is 8.46 Å². The van der Waals surface area contributed by atoms with Gasteiger partial charge in [0.1, 0.15) is 0 Å². The Labute approximate surface area is 78.8 Å². The summed E-state index contributed by atoms with van der Waals surface area (Å²) in [6, 6.07) is 0. The van der Waals surface area contributed by atoms with E-state index >= 15 is 0 Å². The number of hydrogen-bond acceptors (Lipinski definition) is 4. The molecule has 72 valence electrons. The minimum absolute atomic E-state index is 0.142. The predicted octanol–water partition coefficient (Wildman–Crippen LogP) is 1.21. The molecule has 1 unspecified atom stereocenters. The molecule has 0 aromatic carbocycles. The zero-order chi connectivity index (χ0) is 10.3. The van der Waals surface area contributed by atoms with E-state index in [-0.39, 0.29) is 13.2 Å². The van der Waals surface area contributed by atoms with Gasteiger partial charge in [0.05, 0.1) is 0 Å². The van der Waals surface area contributed by atoms with Crippen LogP contribution in [0, 0.1) is 12.3 Å². The molecule has 5 heteroatoms. The molecule has 0 saturated heterocycles. The van der Waals surface area contributed by atoms with Gasteiger partial charge in [-0.1, -0.05) is 5.92 Å². The number of esters is 1. The molecule has 0 bridgehead atoms. The van der Waals surface area contributed by atoms with Gasteiger partial charge in [-0.15, -0.1) is 6.42 Å². The van der Waals surface area contributed by atoms with E-state index in [4.69, 9.17) is 11.2 Å². The van der Waals surface area contributed by atoms with E-state index in [1.165, 1.54) is 6.92 Å². The molecule has 0 radical (unpaired) electrons. The third-order valence-corrected chi connectivity index (χ3v) is 1.93. The second-order valence-corrected chi connectivity index (χ2v) is 3.32. The number of rotatable bonds is 5. The fourth-order valence-electron chi connectivity index (χ4n) is 0.645. The molecule has 0 aliphatic rings. The first kappa shape index (κ1) is 12.1. The summed E-state index contributed by atoms with van der Waals surface area (Å²) in [7, 11) is -0.438. The van der Waals surface area contributed by atoms with Crippen LogP contribution in [0.5, 0.6) is 0 Å². The number of carbonyl (C=O) groups is 1. The molecule has 0 aliphatic heterocycles. The van der Waals surface area contributed by atoms with Crippen LogP contribution in [0.2, 0.25) is 0 Å². The first-order valence-corrected chi connectivity index (χ1v) is 4.51. The Morgan fingerprint density at radius 3 is 2.69 bits per heavy atom. The first-order valence-electron chi connectivity index (χ1n) is 3.70. The molecule has 4 nitrogen and oxygen atoms in total. The monoisotopic (exact) mass is 202 g/mol. The fraction of sp³-hybridized carbons (Fsp3) is 0.625. The fourth-order valence-corrected chi connectivity index (χ4v) is 0.966. The molecule has 0 aromatic rings. The minimum atomic E-state index is -1.44. The van der Waals surface area contributed by atoms with Crippen LogP contribution in [0.15, 0.2) is 0 Å². The molecular formula is C8H11O4P. The Morgan fingerprint density at radius 1 is 1.69 bits per heavy atom. The number of hydrogen-bond donors (Lipinski definition) is 0. The van der Waals surface area contributed by atoms with Crippen molar-refractivity contribution in [1.82, 2.24) is 0 Å². The van der Waals surface area contributed by atoms with Gasteiger partial charge in [-0.3, -0.25) is 4.57 Å². The number of ether oxygens (including phenoxy) is 2.